The van der Waals surface area contributed by atoms with Crippen molar-refractivity contribution in [2.24, 2.45) is 5.92 Å². The van der Waals surface area contributed by atoms with Crippen molar-refractivity contribution >= 4 is 11.7 Å². The van der Waals surface area contributed by atoms with Crippen LogP contribution in [0.4, 0.5) is 10.5 Å². The molecular weight excluding hydrogens is 362 g/mol. The quantitative estimate of drug-likeness (QED) is 0.712. The second kappa shape index (κ2) is 10.3. The number of likely N-dealkylation sites (tertiary alicyclic amines) is 1. The lowest BCUT2D eigenvalue weighted by atomic mass is 9.96. The molecule has 5 heteroatoms. The summed E-state index contributed by atoms with van der Waals surface area (Å²) in [6.45, 7) is 10.8. The summed E-state index contributed by atoms with van der Waals surface area (Å²) < 4.78 is 5.42. The second-order valence-corrected chi connectivity index (χ2v) is 7.94. The van der Waals surface area contributed by atoms with E-state index in [9.17, 15) is 4.79 Å². The number of carbonyl (C=O) groups excluding carboxylic acids is 1. The molecule has 2 aromatic rings. The van der Waals surface area contributed by atoms with Crippen molar-refractivity contribution in [3.8, 4) is 5.75 Å². The normalized spacial score (nSPS) is 15.1. The van der Waals surface area contributed by atoms with E-state index >= 15 is 0 Å². The Hall–Kier alpha value is -2.53. The summed E-state index contributed by atoms with van der Waals surface area (Å²) in [7, 11) is 0. The third-order valence-corrected chi connectivity index (χ3v) is 5.58. The number of anilines is 1. The van der Waals surface area contributed by atoms with Crippen molar-refractivity contribution in [3.63, 3.8) is 0 Å². The number of ether oxygens (including phenoxy) is 1. The lowest BCUT2D eigenvalue weighted by molar-refractivity contribution is 0.175. The average Bonchev–Trinajstić information content (AvgIpc) is 2.72. The molecule has 1 saturated heterocycles. The topological polar surface area (TPSA) is 53.6 Å². The van der Waals surface area contributed by atoms with Crippen LogP contribution in [0.25, 0.3) is 0 Å². The van der Waals surface area contributed by atoms with E-state index < -0.39 is 0 Å². The van der Waals surface area contributed by atoms with Gasteiger partial charge in [0.25, 0.3) is 0 Å². The highest BCUT2D eigenvalue weighted by Gasteiger charge is 2.20. The molecule has 1 aliphatic heterocycles. The molecular formula is C24H33N3O2. The third kappa shape index (κ3) is 6.50. The van der Waals surface area contributed by atoms with E-state index in [1.165, 1.54) is 16.7 Å². The zero-order valence-electron chi connectivity index (χ0n) is 17.8. The lowest BCUT2D eigenvalue weighted by Crippen LogP contribution is -2.39. The monoisotopic (exact) mass is 395 g/mol. The van der Waals surface area contributed by atoms with E-state index in [0.717, 1.165) is 50.5 Å². The summed E-state index contributed by atoms with van der Waals surface area (Å²) >= 11 is 0. The van der Waals surface area contributed by atoms with Crippen LogP contribution >= 0.6 is 0 Å². The van der Waals surface area contributed by atoms with E-state index in [1.807, 2.05) is 31.2 Å². The molecule has 2 N–H and O–H groups in total. The Balaban J connectivity index is 1.38. The zero-order chi connectivity index (χ0) is 20.6. The van der Waals surface area contributed by atoms with Crippen LogP contribution in [0.5, 0.6) is 5.75 Å². The molecule has 1 heterocycles. The van der Waals surface area contributed by atoms with Gasteiger partial charge in [0.2, 0.25) is 0 Å². The fourth-order valence-electron chi connectivity index (χ4n) is 3.77. The van der Waals surface area contributed by atoms with Gasteiger partial charge in [-0.05, 0) is 88.0 Å². The highest BCUT2D eigenvalue weighted by atomic mass is 16.5. The van der Waals surface area contributed by atoms with E-state index in [0.29, 0.717) is 12.5 Å². The molecule has 156 valence electrons. The summed E-state index contributed by atoms with van der Waals surface area (Å²) in [5.41, 5.74) is 4.89. The Kier molecular flexibility index (Phi) is 7.53. The maximum Gasteiger partial charge on any atom is 0.319 e. The maximum atomic E-state index is 12.2. The summed E-state index contributed by atoms with van der Waals surface area (Å²) in [5, 5.41) is 5.91. The smallest absolute Gasteiger partial charge is 0.319 e. The number of nitrogens with one attached hydrogen (secondary N) is 2. The first kappa shape index (κ1) is 21.2. The van der Waals surface area contributed by atoms with Gasteiger partial charge in [-0.3, -0.25) is 4.90 Å². The number of hydrogen-bond donors (Lipinski definition) is 2. The molecule has 0 aliphatic carbocycles. The predicted molar refractivity (Wildman–Crippen MR) is 119 cm³/mol. The van der Waals surface area contributed by atoms with Gasteiger partial charge in [0.15, 0.2) is 0 Å². The first-order valence-corrected chi connectivity index (χ1v) is 10.6. The number of amides is 2. The molecule has 0 unspecified atom stereocenters. The third-order valence-electron chi connectivity index (χ3n) is 5.58. The van der Waals surface area contributed by atoms with E-state index in [4.69, 9.17) is 4.74 Å². The molecule has 0 spiro atoms. The number of hydrogen-bond acceptors (Lipinski definition) is 3. The minimum absolute atomic E-state index is 0.146. The largest absolute Gasteiger partial charge is 0.494 e. The van der Waals surface area contributed by atoms with Crippen molar-refractivity contribution in [3.05, 3.63) is 59.2 Å². The average molecular weight is 396 g/mol. The molecule has 1 aliphatic rings. The molecule has 0 radical (unpaired) electrons. The Morgan fingerprint density at radius 2 is 1.83 bits per heavy atom. The lowest BCUT2D eigenvalue weighted by Gasteiger charge is -2.32. The van der Waals surface area contributed by atoms with Crippen molar-refractivity contribution in [1.29, 1.82) is 0 Å². The Labute approximate surface area is 174 Å². The maximum absolute atomic E-state index is 12.2. The number of piperidine rings is 1. The number of nitrogens with zero attached hydrogens (tertiary/aromatic N) is 1. The predicted octanol–water partition coefficient (Wildman–Crippen LogP) is 4.74. The molecule has 5 nitrogen and oxygen atoms in total. The van der Waals surface area contributed by atoms with E-state index in [1.54, 1.807) is 0 Å². The van der Waals surface area contributed by atoms with Gasteiger partial charge in [-0.1, -0.05) is 23.8 Å². The second-order valence-electron chi connectivity index (χ2n) is 7.94. The summed E-state index contributed by atoms with van der Waals surface area (Å²) in [5.74, 6) is 1.35. The van der Waals surface area contributed by atoms with Crippen LogP contribution in [0.2, 0.25) is 0 Å². The van der Waals surface area contributed by atoms with Crippen LogP contribution < -0.4 is 15.4 Å². The number of carbonyl (C=O) groups is 1. The summed E-state index contributed by atoms with van der Waals surface area (Å²) in [4.78, 5) is 14.7. The Bertz CT molecular complexity index is 796. The molecule has 29 heavy (non-hydrogen) atoms. The molecule has 3 rings (SSSR count). The van der Waals surface area contributed by atoms with Crippen LogP contribution in [0.15, 0.2) is 42.5 Å². The number of rotatable bonds is 7. The fraction of sp³-hybridized carbons (Fsp3) is 0.458. The van der Waals surface area contributed by atoms with Crippen LogP contribution in [0.1, 0.15) is 36.5 Å². The SMILES string of the molecule is CCOc1ccc(NC(=O)NCC2CCN(Cc3cc(C)ccc3C)CC2)cc1. The Morgan fingerprint density at radius 3 is 2.52 bits per heavy atom. The van der Waals surface area contributed by atoms with Gasteiger partial charge in [0.05, 0.1) is 6.61 Å². The zero-order valence-corrected chi connectivity index (χ0v) is 17.8. The summed E-state index contributed by atoms with van der Waals surface area (Å²) in [6.07, 6.45) is 2.24. The standard InChI is InChI=1S/C24H33N3O2/c1-4-29-23-9-7-22(8-10-23)26-24(28)25-16-20-11-13-27(14-12-20)17-21-15-18(2)5-6-19(21)3/h5-10,15,20H,4,11-14,16-17H2,1-3H3,(H2,25,26,28). The summed E-state index contributed by atoms with van der Waals surface area (Å²) in [6, 6.07) is 14.0. The van der Waals surface area contributed by atoms with Crippen molar-refractivity contribution < 1.29 is 9.53 Å². The molecule has 1 fully saturated rings. The van der Waals surface area contributed by atoms with Gasteiger partial charge in [-0.15, -0.1) is 0 Å². The minimum atomic E-state index is -0.146. The first-order chi connectivity index (χ1) is 14.0. The minimum Gasteiger partial charge on any atom is -0.494 e. The molecule has 2 amide bonds. The number of aryl methyl sites for hydroxylation is 2. The molecule has 2 aromatic carbocycles. The van der Waals surface area contributed by atoms with Crippen molar-refractivity contribution in [1.82, 2.24) is 10.2 Å². The van der Waals surface area contributed by atoms with Gasteiger partial charge in [-0.2, -0.15) is 0 Å². The number of benzene rings is 2. The highest BCUT2D eigenvalue weighted by molar-refractivity contribution is 5.89. The van der Waals surface area contributed by atoms with E-state index in [2.05, 4.69) is 47.6 Å². The highest BCUT2D eigenvalue weighted by Crippen LogP contribution is 2.21. The molecule has 0 aromatic heterocycles. The van der Waals surface area contributed by atoms with Gasteiger partial charge >= 0.3 is 6.03 Å². The van der Waals surface area contributed by atoms with Gasteiger partial charge in [0, 0.05) is 18.8 Å². The van der Waals surface area contributed by atoms with Gasteiger partial charge < -0.3 is 15.4 Å². The fourth-order valence-corrected chi connectivity index (χ4v) is 3.77. The van der Waals surface area contributed by atoms with Crippen molar-refractivity contribution in [2.75, 3.05) is 31.6 Å². The van der Waals surface area contributed by atoms with Gasteiger partial charge in [-0.25, -0.2) is 4.79 Å². The first-order valence-electron chi connectivity index (χ1n) is 10.6. The molecule has 0 bridgehead atoms. The number of urea groups is 1. The molecule has 0 saturated carbocycles. The van der Waals surface area contributed by atoms with Crippen LogP contribution in [-0.2, 0) is 6.54 Å². The Morgan fingerprint density at radius 1 is 1.10 bits per heavy atom. The van der Waals surface area contributed by atoms with Crippen molar-refractivity contribution in [2.45, 2.75) is 40.2 Å². The molecule has 0 atom stereocenters. The van der Waals surface area contributed by atoms with Crippen LogP contribution in [-0.4, -0.2) is 37.2 Å². The van der Waals surface area contributed by atoms with Crippen LogP contribution in [0.3, 0.4) is 0 Å². The van der Waals surface area contributed by atoms with Gasteiger partial charge in [0.1, 0.15) is 5.75 Å². The van der Waals surface area contributed by atoms with Crippen LogP contribution in [0, 0.1) is 19.8 Å². The van der Waals surface area contributed by atoms with E-state index in [-0.39, 0.29) is 6.03 Å².